The van der Waals surface area contributed by atoms with Crippen molar-refractivity contribution in [1.29, 1.82) is 0 Å². The van der Waals surface area contributed by atoms with Crippen LogP contribution in [0.1, 0.15) is 23.0 Å². The molecular formula is C20H21N5O3S. The van der Waals surface area contributed by atoms with Crippen molar-refractivity contribution in [3.8, 4) is 11.4 Å². The summed E-state index contributed by atoms with van der Waals surface area (Å²) in [6.07, 6.45) is 3.63. The minimum absolute atomic E-state index is 0.107. The number of hydrogen-bond acceptors (Lipinski definition) is 6. The van der Waals surface area contributed by atoms with E-state index in [1.165, 1.54) is 11.3 Å². The van der Waals surface area contributed by atoms with Crippen molar-refractivity contribution in [2.75, 3.05) is 25.1 Å². The van der Waals surface area contributed by atoms with E-state index in [-0.39, 0.29) is 23.9 Å². The Bertz CT molecular complexity index is 1050. The molecule has 9 heteroatoms. The zero-order chi connectivity index (χ0) is 20.4. The van der Waals surface area contributed by atoms with Crippen LogP contribution < -0.4 is 10.6 Å². The average molecular weight is 411 g/mol. The summed E-state index contributed by atoms with van der Waals surface area (Å²) >= 11 is 1.31. The van der Waals surface area contributed by atoms with E-state index in [1.54, 1.807) is 12.3 Å². The second-order valence-electron chi connectivity index (χ2n) is 7.23. The minimum atomic E-state index is -0.338. The van der Waals surface area contributed by atoms with Gasteiger partial charge in [-0.2, -0.15) is 0 Å². The van der Waals surface area contributed by atoms with Crippen molar-refractivity contribution in [2.24, 2.45) is 0 Å². The predicted molar refractivity (Wildman–Crippen MR) is 110 cm³/mol. The Morgan fingerprint density at radius 1 is 1.24 bits per heavy atom. The molecule has 1 saturated heterocycles. The van der Waals surface area contributed by atoms with Crippen LogP contribution in [0.4, 0.5) is 5.13 Å². The van der Waals surface area contributed by atoms with Gasteiger partial charge in [0.2, 0.25) is 5.91 Å². The van der Waals surface area contributed by atoms with Gasteiger partial charge in [-0.1, -0.05) is 6.07 Å². The summed E-state index contributed by atoms with van der Waals surface area (Å²) in [7, 11) is 0. The summed E-state index contributed by atoms with van der Waals surface area (Å²) in [5, 5.41) is 7.64. The highest BCUT2D eigenvalue weighted by atomic mass is 32.1. The molecule has 8 nitrogen and oxygen atoms in total. The molecule has 1 aliphatic rings. The minimum Gasteiger partial charge on any atom is -0.376 e. The fourth-order valence-electron chi connectivity index (χ4n) is 2.97. The lowest BCUT2D eigenvalue weighted by Crippen LogP contribution is -2.48. The molecule has 0 radical (unpaired) electrons. The number of hydrogen-bond donors (Lipinski definition) is 2. The number of nitrogens with one attached hydrogen (secondary N) is 2. The van der Waals surface area contributed by atoms with Crippen molar-refractivity contribution in [3.63, 3.8) is 0 Å². The molecule has 3 aromatic rings. The van der Waals surface area contributed by atoms with Gasteiger partial charge < -0.3 is 19.9 Å². The molecule has 2 amide bonds. The van der Waals surface area contributed by atoms with Crippen LogP contribution in [0.5, 0.6) is 0 Å². The van der Waals surface area contributed by atoms with Gasteiger partial charge in [0.25, 0.3) is 5.91 Å². The third-order valence-corrected chi connectivity index (χ3v) is 5.47. The molecule has 1 aliphatic heterocycles. The Morgan fingerprint density at radius 3 is 2.79 bits per heavy atom. The van der Waals surface area contributed by atoms with E-state index in [9.17, 15) is 9.59 Å². The second-order valence-corrected chi connectivity index (χ2v) is 8.09. The van der Waals surface area contributed by atoms with Crippen molar-refractivity contribution in [3.05, 3.63) is 53.3 Å². The quantitative estimate of drug-likeness (QED) is 0.649. The molecule has 29 heavy (non-hydrogen) atoms. The highest BCUT2D eigenvalue weighted by Gasteiger charge is 2.35. The first-order valence-electron chi connectivity index (χ1n) is 9.17. The third-order valence-electron chi connectivity index (χ3n) is 4.72. The number of aryl methyl sites for hydroxylation is 1. The summed E-state index contributed by atoms with van der Waals surface area (Å²) in [4.78, 5) is 33.3. The van der Waals surface area contributed by atoms with E-state index in [0.29, 0.717) is 29.6 Å². The summed E-state index contributed by atoms with van der Waals surface area (Å²) in [5.74, 6) is -0.637. The van der Waals surface area contributed by atoms with Gasteiger partial charge in [0, 0.05) is 23.5 Å². The average Bonchev–Trinajstić information content (AvgIpc) is 3.34. The Balaban J connectivity index is 1.31. The molecule has 0 spiro atoms. The van der Waals surface area contributed by atoms with Crippen LogP contribution in [0.15, 0.2) is 42.0 Å². The number of aromatic nitrogens is 3. The van der Waals surface area contributed by atoms with Crippen LogP contribution in [0.25, 0.3) is 11.4 Å². The maximum atomic E-state index is 12.3. The lowest BCUT2D eigenvalue weighted by atomic mass is 10.0. The maximum Gasteiger partial charge on any atom is 0.253 e. The van der Waals surface area contributed by atoms with Gasteiger partial charge in [-0.3, -0.25) is 14.6 Å². The topological polar surface area (TPSA) is 98.1 Å². The van der Waals surface area contributed by atoms with E-state index < -0.39 is 0 Å². The smallest absolute Gasteiger partial charge is 0.253 e. The highest BCUT2D eigenvalue weighted by Crippen LogP contribution is 2.26. The van der Waals surface area contributed by atoms with Gasteiger partial charge in [0.15, 0.2) is 5.13 Å². The molecule has 0 aliphatic carbocycles. The molecular weight excluding hydrogens is 390 g/mol. The first-order chi connectivity index (χ1) is 13.9. The van der Waals surface area contributed by atoms with Gasteiger partial charge in [0.05, 0.1) is 36.6 Å². The maximum absolute atomic E-state index is 12.3. The summed E-state index contributed by atoms with van der Waals surface area (Å²) in [5.41, 5.74) is 2.76. The van der Waals surface area contributed by atoms with Gasteiger partial charge in [-0.05, 0) is 32.0 Å². The summed E-state index contributed by atoms with van der Waals surface area (Å²) in [6, 6.07) is 7.43. The number of thiazole rings is 1. The molecule has 0 saturated carbocycles. The fraction of sp³-hybridized carbons (Fsp3) is 0.300. The normalized spacial score (nSPS) is 14.8. The molecule has 0 aromatic carbocycles. The van der Waals surface area contributed by atoms with Gasteiger partial charge in [0.1, 0.15) is 5.69 Å². The lowest BCUT2D eigenvalue weighted by molar-refractivity contribution is -0.115. The molecule has 4 heterocycles. The van der Waals surface area contributed by atoms with Crippen molar-refractivity contribution >= 4 is 28.3 Å². The Kier molecular flexibility index (Phi) is 5.16. The highest BCUT2D eigenvalue weighted by molar-refractivity contribution is 7.14. The number of pyridine rings is 1. The Morgan fingerprint density at radius 2 is 2.07 bits per heavy atom. The predicted octanol–water partition coefficient (Wildman–Crippen LogP) is 2.43. The number of nitrogens with zero attached hydrogens (tertiary/aromatic N) is 3. The fourth-order valence-corrected chi connectivity index (χ4v) is 3.69. The number of rotatable bonds is 6. The van der Waals surface area contributed by atoms with Crippen LogP contribution in [-0.2, 0) is 15.1 Å². The van der Waals surface area contributed by atoms with Gasteiger partial charge in [-0.25, -0.2) is 4.98 Å². The zero-order valence-electron chi connectivity index (χ0n) is 16.1. The number of ether oxygens (including phenoxy) is 1. The SMILES string of the molecule is Cc1cccc(-c2csc(NC(=O)CNC(=O)c3ccn(C4(C)COC4)c3)n2)n1. The largest absolute Gasteiger partial charge is 0.376 e. The molecule has 3 aromatic heterocycles. The van der Waals surface area contributed by atoms with Crippen molar-refractivity contribution < 1.29 is 14.3 Å². The molecule has 1 fully saturated rings. The van der Waals surface area contributed by atoms with Crippen LogP contribution in [0.3, 0.4) is 0 Å². The molecule has 0 unspecified atom stereocenters. The standard InChI is InChI=1S/C20H21N5O3S/c1-13-4-3-5-15(22-13)16-10-29-19(23-16)24-17(26)8-21-18(27)14-6-7-25(9-14)20(2)11-28-12-20/h3-7,9-10H,8,11-12H2,1-2H3,(H,21,27)(H,23,24,26). The monoisotopic (exact) mass is 411 g/mol. The molecule has 0 bridgehead atoms. The second kappa shape index (κ2) is 7.76. The van der Waals surface area contributed by atoms with Gasteiger partial charge >= 0.3 is 0 Å². The van der Waals surface area contributed by atoms with Crippen LogP contribution in [0, 0.1) is 6.92 Å². The number of anilines is 1. The number of carbonyl (C=O) groups is 2. The first-order valence-corrected chi connectivity index (χ1v) is 10.0. The summed E-state index contributed by atoms with van der Waals surface area (Å²) in [6.45, 7) is 5.09. The van der Waals surface area contributed by atoms with Gasteiger partial charge in [-0.15, -0.1) is 11.3 Å². The van der Waals surface area contributed by atoms with E-state index in [1.807, 2.05) is 41.3 Å². The van der Waals surface area contributed by atoms with E-state index in [2.05, 4.69) is 27.5 Å². The van der Waals surface area contributed by atoms with Crippen LogP contribution >= 0.6 is 11.3 Å². The Hall–Kier alpha value is -3.04. The number of amides is 2. The van der Waals surface area contributed by atoms with E-state index in [0.717, 1.165) is 11.4 Å². The molecule has 2 N–H and O–H groups in total. The first kappa shape index (κ1) is 19.3. The molecule has 0 atom stereocenters. The van der Waals surface area contributed by atoms with Crippen LogP contribution in [-0.4, -0.2) is 46.1 Å². The van der Waals surface area contributed by atoms with Crippen molar-refractivity contribution in [1.82, 2.24) is 19.9 Å². The summed E-state index contributed by atoms with van der Waals surface area (Å²) < 4.78 is 7.22. The Labute approximate surface area is 171 Å². The van der Waals surface area contributed by atoms with Crippen molar-refractivity contribution in [2.45, 2.75) is 19.4 Å². The third kappa shape index (κ3) is 4.20. The van der Waals surface area contributed by atoms with E-state index >= 15 is 0 Å². The molecule has 150 valence electrons. The number of carbonyl (C=O) groups excluding carboxylic acids is 2. The zero-order valence-corrected chi connectivity index (χ0v) is 17.0. The van der Waals surface area contributed by atoms with Crippen LogP contribution in [0.2, 0.25) is 0 Å². The lowest BCUT2D eigenvalue weighted by Gasteiger charge is -2.39. The molecule has 4 rings (SSSR count). The van der Waals surface area contributed by atoms with E-state index in [4.69, 9.17) is 4.74 Å².